The van der Waals surface area contributed by atoms with E-state index in [1.54, 1.807) is 7.11 Å². The molecule has 0 radical (unpaired) electrons. The number of ether oxygens (including phenoxy) is 3. The molecule has 0 bridgehead atoms. The second-order valence-electron chi connectivity index (χ2n) is 4.74. The molecular weight excluding hydrogens is 230 g/mol. The lowest BCUT2D eigenvalue weighted by Crippen LogP contribution is -2.40. The molecule has 0 amide bonds. The summed E-state index contributed by atoms with van der Waals surface area (Å²) in [5.74, 6) is 0.225. The Bertz CT molecular complexity index is 388. The molecule has 4 nitrogen and oxygen atoms in total. The van der Waals surface area contributed by atoms with Crippen LogP contribution in [0.3, 0.4) is 0 Å². The number of para-hydroxylation sites is 1. The fourth-order valence-corrected chi connectivity index (χ4v) is 2.28. The number of nitrogens with two attached hydrogens (primary N) is 1. The third kappa shape index (κ3) is 3.02. The van der Waals surface area contributed by atoms with Gasteiger partial charge >= 0.3 is 0 Å². The van der Waals surface area contributed by atoms with Crippen molar-refractivity contribution in [2.45, 2.75) is 31.6 Å². The molecule has 18 heavy (non-hydrogen) atoms. The smallest absolute Gasteiger partial charge is 0.167 e. The van der Waals surface area contributed by atoms with E-state index in [1.165, 1.54) is 0 Å². The molecule has 0 aromatic heterocycles. The van der Waals surface area contributed by atoms with Gasteiger partial charge in [0.1, 0.15) is 5.75 Å². The first-order chi connectivity index (χ1) is 8.64. The summed E-state index contributed by atoms with van der Waals surface area (Å²) in [5.41, 5.74) is 7.23. The zero-order chi connectivity index (χ0) is 13.0. The van der Waals surface area contributed by atoms with Gasteiger partial charge in [0.05, 0.1) is 20.3 Å². The van der Waals surface area contributed by atoms with Gasteiger partial charge < -0.3 is 19.9 Å². The molecule has 2 N–H and O–H groups in total. The molecule has 0 saturated carbocycles. The molecule has 4 heteroatoms. The summed E-state index contributed by atoms with van der Waals surface area (Å²) in [6.45, 7) is 3.41. The van der Waals surface area contributed by atoms with Gasteiger partial charge in [0.25, 0.3) is 0 Å². The zero-order valence-electron chi connectivity index (χ0n) is 11.0. The second-order valence-corrected chi connectivity index (χ2v) is 4.74. The molecule has 1 aromatic rings. The van der Waals surface area contributed by atoms with Gasteiger partial charge in [-0.15, -0.1) is 0 Å². The van der Waals surface area contributed by atoms with Crippen molar-refractivity contribution in [3.05, 3.63) is 29.8 Å². The molecule has 0 aliphatic carbocycles. The first kappa shape index (κ1) is 13.3. The molecule has 2 rings (SSSR count). The van der Waals surface area contributed by atoms with Crippen LogP contribution in [0.4, 0.5) is 0 Å². The van der Waals surface area contributed by atoms with Crippen LogP contribution in [-0.4, -0.2) is 26.1 Å². The minimum atomic E-state index is -0.585. The Morgan fingerprint density at radius 2 is 2.00 bits per heavy atom. The van der Waals surface area contributed by atoms with Crippen molar-refractivity contribution in [3.63, 3.8) is 0 Å². The predicted octanol–water partition coefficient (Wildman–Crippen LogP) is 2.24. The highest BCUT2D eigenvalue weighted by Gasteiger charge is 2.32. The SMILES string of the molecule is COc1ccccc1C(N)CC1(C)OCCCO1. The van der Waals surface area contributed by atoms with Crippen LogP contribution >= 0.6 is 0 Å². The molecule has 1 saturated heterocycles. The molecule has 0 spiro atoms. The highest BCUT2D eigenvalue weighted by atomic mass is 16.7. The highest BCUT2D eigenvalue weighted by molar-refractivity contribution is 5.35. The number of benzene rings is 1. The van der Waals surface area contributed by atoms with Crippen molar-refractivity contribution in [1.82, 2.24) is 0 Å². The Morgan fingerprint density at radius 3 is 2.67 bits per heavy atom. The van der Waals surface area contributed by atoms with Gasteiger partial charge in [-0.3, -0.25) is 0 Å². The monoisotopic (exact) mass is 251 g/mol. The van der Waals surface area contributed by atoms with Crippen LogP contribution in [0.1, 0.15) is 31.4 Å². The van der Waals surface area contributed by atoms with E-state index in [0.717, 1.165) is 30.9 Å². The van der Waals surface area contributed by atoms with Gasteiger partial charge in [-0.05, 0) is 19.4 Å². The number of hydrogen-bond acceptors (Lipinski definition) is 4. The Morgan fingerprint density at radius 1 is 1.33 bits per heavy atom. The molecule has 1 heterocycles. The van der Waals surface area contributed by atoms with Crippen molar-refractivity contribution in [2.75, 3.05) is 20.3 Å². The molecule has 1 aliphatic heterocycles. The average molecular weight is 251 g/mol. The summed E-state index contributed by atoms with van der Waals surface area (Å²) in [4.78, 5) is 0. The number of hydrogen-bond donors (Lipinski definition) is 1. The van der Waals surface area contributed by atoms with Crippen LogP contribution in [0.2, 0.25) is 0 Å². The van der Waals surface area contributed by atoms with E-state index in [4.69, 9.17) is 19.9 Å². The van der Waals surface area contributed by atoms with Crippen LogP contribution in [0, 0.1) is 0 Å². The summed E-state index contributed by atoms with van der Waals surface area (Å²) >= 11 is 0. The van der Waals surface area contributed by atoms with Gasteiger partial charge in [-0.2, -0.15) is 0 Å². The van der Waals surface area contributed by atoms with Crippen LogP contribution in [-0.2, 0) is 9.47 Å². The average Bonchev–Trinajstić information content (AvgIpc) is 2.39. The molecule has 1 aromatic carbocycles. The van der Waals surface area contributed by atoms with Crippen molar-refractivity contribution < 1.29 is 14.2 Å². The van der Waals surface area contributed by atoms with E-state index < -0.39 is 5.79 Å². The Kier molecular flexibility index (Phi) is 4.22. The van der Waals surface area contributed by atoms with Gasteiger partial charge in [-0.25, -0.2) is 0 Å². The first-order valence-electron chi connectivity index (χ1n) is 6.31. The molecule has 1 fully saturated rings. The largest absolute Gasteiger partial charge is 0.496 e. The maximum Gasteiger partial charge on any atom is 0.167 e. The standard InChI is InChI=1S/C14H21NO3/c1-14(17-8-5-9-18-14)10-12(15)11-6-3-4-7-13(11)16-2/h3-4,6-7,12H,5,8-10,15H2,1-2H3. The lowest BCUT2D eigenvalue weighted by molar-refractivity contribution is -0.260. The summed E-state index contributed by atoms with van der Waals surface area (Å²) in [6, 6.07) is 7.63. The summed E-state index contributed by atoms with van der Waals surface area (Å²) in [6.07, 6.45) is 1.56. The van der Waals surface area contributed by atoms with Crippen molar-refractivity contribution in [3.8, 4) is 5.75 Å². The lowest BCUT2D eigenvalue weighted by atomic mass is 9.99. The Labute approximate surface area is 108 Å². The van der Waals surface area contributed by atoms with E-state index in [1.807, 2.05) is 31.2 Å². The van der Waals surface area contributed by atoms with Crippen LogP contribution in [0.25, 0.3) is 0 Å². The van der Waals surface area contributed by atoms with Crippen molar-refractivity contribution >= 4 is 0 Å². The van der Waals surface area contributed by atoms with Gasteiger partial charge in [0.2, 0.25) is 0 Å². The van der Waals surface area contributed by atoms with E-state index >= 15 is 0 Å². The first-order valence-corrected chi connectivity index (χ1v) is 6.31. The molecule has 1 aliphatic rings. The number of methoxy groups -OCH3 is 1. The second kappa shape index (κ2) is 5.69. The van der Waals surface area contributed by atoms with Crippen LogP contribution in [0.15, 0.2) is 24.3 Å². The maximum atomic E-state index is 6.25. The van der Waals surface area contributed by atoms with E-state index in [0.29, 0.717) is 6.42 Å². The quantitative estimate of drug-likeness (QED) is 0.891. The topological polar surface area (TPSA) is 53.7 Å². The highest BCUT2D eigenvalue weighted by Crippen LogP contribution is 2.32. The number of rotatable bonds is 4. The van der Waals surface area contributed by atoms with Crippen molar-refractivity contribution in [1.29, 1.82) is 0 Å². The van der Waals surface area contributed by atoms with Gasteiger partial charge in [-0.1, -0.05) is 18.2 Å². The van der Waals surface area contributed by atoms with Crippen molar-refractivity contribution in [2.24, 2.45) is 5.73 Å². The Balaban J connectivity index is 2.08. The van der Waals surface area contributed by atoms with Crippen LogP contribution < -0.4 is 10.5 Å². The predicted molar refractivity (Wildman–Crippen MR) is 69.5 cm³/mol. The van der Waals surface area contributed by atoms with Crippen LogP contribution in [0.5, 0.6) is 5.75 Å². The van der Waals surface area contributed by atoms with Gasteiger partial charge in [0, 0.05) is 18.0 Å². The minimum absolute atomic E-state index is 0.163. The van der Waals surface area contributed by atoms with Gasteiger partial charge in [0.15, 0.2) is 5.79 Å². The molecular formula is C14H21NO3. The molecule has 100 valence electrons. The Hall–Kier alpha value is -1.10. The van der Waals surface area contributed by atoms with E-state index in [2.05, 4.69) is 0 Å². The fraction of sp³-hybridized carbons (Fsp3) is 0.571. The minimum Gasteiger partial charge on any atom is -0.496 e. The summed E-state index contributed by atoms with van der Waals surface area (Å²) in [7, 11) is 1.65. The zero-order valence-corrected chi connectivity index (χ0v) is 11.0. The van der Waals surface area contributed by atoms with E-state index in [-0.39, 0.29) is 6.04 Å². The molecule has 1 unspecified atom stereocenters. The fourth-order valence-electron chi connectivity index (χ4n) is 2.28. The summed E-state index contributed by atoms with van der Waals surface area (Å²) < 4.78 is 16.7. The normalized spacial score (nSPS) is 20.4. The third-order valence-corrected chi connectivity index (χ3v) is 3.23. The lowest BCUT2D eigenvalue weighted by Gasteiger charge is -2.36. The van der Waals surface area contributed by atoms with E-state index in [9.17, 15) is 0 Å². The summed E-state index contributed by atoms with van der Waals surface area (Å²) in [5, 5.41) is 0. The third-order valence-electron chi connectivity index (χ3n) is 3.23. The molecule has 1 atom stereocenters. The maximum absolute atomic E-state index is 6.25.